The van der Waals surface area contributed by atoms with Gasteiger partial charge < -0.3 is 11.1 Å². The molecule has 0 radical (unpaired) electrons. The molecular formula is C15H25Cl2N3O. The Morgan fingerprint density at radius 2 is 2.00 bits per heavy atom. The number of hydrogen-bond donors (Lipinski definition) is 2. The molecule has 1 fully saturated rings. The van der Waals surface area contributed by atoms with Gasteiger partial charge in [-0.2, -0.15) is 0 Å². The second kappa shape index (κ2) is 9.87. The highest BCUT2D eigenvalue weighted by molar-refractivity contribution is 5.85. The lowest BCUT2D eigenvalue weighted by Gasteiger charge is -2.22. The zero-order valence-electron chi connectivity index (χ0n) is 12.4. The first-order valence-corrected chi connectivity index (χ1v) is 7.04. The van der Waals surface area contributed by atoms with Gasteiger partial charge in [0.1, 0.15) is 0 Å². The fraction of sp³-hybridized carbons (Fsp3) is 0.533. The van der Waals surface area contributed by atoms with E-state index in [1.165, 1.54) is 12.8 Å². The van der Waals surface area contributed by atoms with E-state index in [9.17, 15) is 4.79 Å². The van der Waals surface area contributed by atoms with Crippen molar-refractivity contribution in [2.24, 2.45) is 0 Å². The van der Waals surface area contributed by atoms with Gasteiger partial charge in [-0.1, -0.05) is 19.1 Å². The van der Waals surface area contributed by atoms with Crippen molar-refractivity contribution in [3.8, 4) is 0 Å². The Morgan fingerprint density at radius 1 is 1.33 bits per heavy atom. The standard InChI is InChI=1S/C15H23N3O.2ClH/c1-2-18-9-3-4-14(18)11-17-15(19)10-12-5-7-13(16)8-6-12;;/h5-8,14H,2-4,9-11,16H2,1H3,(H,17,19);2*1H. The van der Waals surface area contributed by atoms with Gasteiger partial charge >= 0.3 is 0 Å². The Balaban J connectivity index is 0.00000200. The van der Waals surface area contributed by atoms with Crippen LogP contribution in [0.4, 0.5) is 5.69 Å². The summed E-state index contributed by atoms with van der Waals surface area (Å²) in [6, 6.07) is 7.99. The van der Waals surface area contributed by atoms with Crippen LogP contribution in [0.3, 0.4) is 0 Å². The van der Waals surface area contributed by atoms with Crippen LogP contribution >= 0.6 is 24.8 Å². The average molecular weight is 334 g/mol. The topological polar surface area (TPSA) is 58.4 Å². The molecule has 1 aliphatic heterocycles. The summed E-state index contributed by atoms with van der Waals surface area (Å²) in [6.45, 7) is 5.17. The molecule has 6 heteroatoms. The third kappa shape index (κ3) is 6.12. The number of nitrogen functional groups attached to an aromatic ring is 1. The lowest BCUT2D eigenvalue weighted by atomic mass is 10.1. The third-order valence-corrected chi connectivity index (χ3v) is 3.78. The predicted octanol–water partition coefficient (Wildman–Crippen LogP) is 2.26. The Labute approximate surface area is 139 Å². The molecule has 1 atom stereocenters. The molecule has 120 valence electrons. The van der Waals surface area contributed by atoms with Crippen LogP contribution < -0.4 is 11.1 Å². The van der Waals surface area contributed by atoms with Crippen molar-refractivity contribution in [1.29, 1.82) is 0 Å². The number of carbonyl (C=O) groups excluding carboxylic acids is 1. The molecule has 0 aliphatic carbocycles. The van der Waals surface area contributed by atoms with Crippen molar-refractivity contribution in [1.82, 2.24) is 10.2 Å². The van der Waals surface area contributed by atoms with E-state index in [0.717, 1.165) is 30.9 Å². The van der Waals surface area contributed by atoms with E-state index in [1.54, 1.807) is 0 Å². The van der Waals surface area contributed by atoms with Gasteiger partial charge in [0.25, 0.3) is 0 Å². The first-order valence-electron chi connectivity index (χ1n) is 7.04. The van der Waals surface area contributed by atoms with Gasteiger partial charge in [-0.05, 0) is 43.6 Å². The van der Waals surface area contributed by atoms with E-state index < -0.39 is 0 Å². The van der Waals surface area contributed by atoms with Crippen LogP contribution in [-0.4, -0.2) is 36.5 Å². The molecule has 0 spiro atoms. The number of carbonyl (C=O) groups is 1. The van der Waals surface area contributed by atoms with Crippen molar-refractivity contribution in [3.63, 3.8) is 0 Å². The summed E-state index contributed by atoms with van der Waals surface area (Å²) in [7, 11) is 0. The summed E-state index contributed by atoms with van der Waals surface area (Å²) >= 11 is 0. The maximum atomic E-state index is 11.9. The SMILES string of the molecule is CCN1CCCC1CNC(=O)Cc1ccc(N)cc1.Cl.Cl. The maximum absolute atomic E-state index is 11.9. The van der Waals surface area contributed by atoms with Crippen molar-refractivity contribution in [2.75, 3.05) is 25.4 Å². The quantitative estimate of drug-likeness (QED) is 0.812. The molecule has 0 bridgehead atoms. The molecule has 1 saturated heterocycles. The largest absolute Gasteiger partial charge is 0.399 e. The van der Waals surface area contributed by atoms with E-state index >= 15 is 0 Å². The number of anilines is 1. The average Bonchev–Trinajstić information content (AvgIpc) is 2.86. The summed E-state index contributed by atoms with van der Waals surface area (Å²) in [6.07, 6.45) is 2.86. The molecule has 2 rings (SSSR count). The molecule has 3 N–H and O–H groups in total. The molecule has 1 aromatic rings. The Kier molecular flexibility index (Phi) is 9.42. The minimum atomic E-state index is 0. The second-order valence-electron chi connectivity index (χ2n) is 5.15. The maximum Gasteiger partial charge on any atom is 0.224 e. The minimum absolute atomic E-state index is 0. The highest BCUT2D eigenvalue weighted by Crippen LogP contribution is 2.15. The predicted molar refractivity (Wildman–Crippen MR) is 92.3 cm³/mol. The van der Waals surface area contributed by atoms with Gasteiger partial charge in [0, 0.05) is 18.3 Å². The molecular weight excluding hydrogens is 309 g/mol. The first-order chi connectivity index (χ1) is 9.19. The van der Waals surface area contributed by atoms with Crippen LogP contribution in [0.5, 0.6) is 0 Å². The van der Waals surface area contributed by atoms with Gasteiger partial charge in [-0.25, -0.2) is 0 Å². The Morgan fingerprint density at radius 3 is 2.62 bits per heavy atom. The van der Waals surface area contributed by atoms with Crippen molar-refractivity contribution >= 4 is 36.4 Å². The summed E-state index contributed by atoms with van der Waals surface area (Å²) in [5.41, 5.74) is 7.36. The Hall–Kier alpha value is -0.970. The normalized spacial score (nSPS) is 17.7. The summed E-state index contributed by atoms with van der Waals surface area (Å²) in [5.74, 6) is 0.0905. The molecule has 1 aliphatic rings. The number of rotatable bonds is 5. The van der Waals surface area contributed by atoms with Gasteiger partial charge in [0.15, 0.2) is 0 Å². The number of likely N-dealkylation sites (N-methyl/N-ethyl adjacent to an activating group) is 1. The number of nitrogens with zero attached hydrogens (tertiary/aromatic N) is 1. The van der Waals surface area contributed by atoms with E-state index in [1.807, 2.05) is 24.3 Å². The second-order valence-corrected chi connectivity index (χ2v) is 5.15. The van der Waals surface area contributed by atoms with E-state index in [2.05, 4.69) is 17.1 Å². The van der Waals surface area contributed by atoms with Crippen LogP contribution in [-0.2, 0) is 11.2 Å². The number of nitrogens with two attached hydrogens (primary N) is 1. The van der Waals surface area contributed by atoms with Crippen LogP contribution in [0.1, 0.15) is 25.3 Å². The first kappa shape index (κ1) is 20.0. The number of nitrogens with one attached hydrogen (secondary N) is 1. The van der Waals surface area contributed by atoms with Crippen LogP contribution in [0.25, 0.3) is 0 Å². The molecule has 0 aromatic heterocycles. The lowest BCUT2D eigenvalue weighted by molar-refractivity contribution is -0.120. The van der Waals surface area contributed by atoms with Gasteiger partial charge in [-0.3, -0.25) is 9.69 Å². The van der Waals surface area contributed by atoms with Crippen LogP contribution in [0.2, 0.25) is 0 Å². The number of halogens is 2. The lowest BCUT2D eigenvalue weighted by Crippen LogP contribution is -2.40. The monoisotopic (exact) mass is 333 g/mol. The highest BCUT2D eigenvalue weighted by Gasteiger charge is 2.22. The molecule has 1 aromatic carbocycles. The summed E-state index contributed by atoms with van der Waals surface area (Å²) in [5, 5.41) is 3.04. The van der Waals surface area contributed by atoms with Gasteiger partial charge in [-0.15, -0.1) is 24.8 Å². The van der Waals surface area contributed by atoms with Crippen molar-refractivity contribution < 1.29 is 4.79 Å². The zero-order valence-corrected chi connectivity index (χ0v) is 14.0. The van der Waals surface area contributed by atoms with Crippen LogP contribution in [0, 0.1) is 0 Å². The zero-order chi connectivity index (χ0) is 13.7. The molecule has 1 heterocycles. The fourth-order valence-corrected chi connectivity index (χ4v) is 2.66. The van der Waals surface area contributed by atoms with Crippen molar-refractivity contribution in [3.05, 3.63) is 29.8 Å². The van der Waals surface area contributed by atoms with Gasteiger partial charge in [0.05, 0.1) is 6.42 Å². The minimum Gasteiger partial charge on any atom is -0.399 e. The molecule has 1 unspecified atom stereocenters. The van der Waals surface area contributed by atoms with Crippen LogP contribution in [0.15, 0.2) is 24.3 Å². The highest BCUT2D eigenvalue weighted by atomic mass is 35.5. The number of hydrogen-bond acceptors (Lipinski definition) is 3. The number of likely N-dealkylation sites (tertiary alicyclic amines) is 1. The molecule has 4 nitrogen and oxygen atoms in total. The van der Waals surface area contributed by atoms with Gasteiger partial charge in [0.2, 0.25) is 5.91 Å². The van der Waals surface area contributed by atoms with E-state index in [-0.39, 0.29) is 30.7 Å². The molecule has 0 saturated carbocycles. The Bertz CT molecular complexity index is 425. The number of amides is 1. The van der Waals surface area contributed by atoms with E-state index in [0.29, 0.717) is 12.5 Å². The molecule has 1 amide bonds. The smallest absolute Gasteiger partial charge is 0.224 e. The number of benzene rings is 1. The molecule has 21 heavy (non-hydrogen) atoms. The fourth-order valence-electron chi connectivity index (χ4n) is 2.66. The summed E-state index contributed by atoms with van der Waals surface area (Å²) in [4.78, 5) is 14.3. The third-order valence-electron chi connectivity index (χ3n) is 3.78. The summed E-state index contributed by atoms with van der Waals surface area (Å²) < 4.78 is 0. The van der Waals surface area contributed by atoms with Crippen molar-refractivity contribution in [2.45, 2.75) is 32.2 Å². The van der Waals surface area contributed by atoms with E-state index in [4.69, 9.17) is 5.73 Å².